The van der Waals surface area contributed by atoms with E-state index in [9.17, 15) is 0 Å². The van der Waals surface area contributed by atoms with Gasteiger partial charge in [0.25, 0.3) is 0 Å². The summed E-state index contributed by atoms with van der Waals surface area (Å²) in [4.78, 5) is 4.61. The van der Waals surface area contributed by atoms with Crippen molar-refractivity contribution in [1.29, 1.82) is 0 Å². The predicted molar refractivity (Wildman–Crippen MR) is 308 cm³/mol. The number of hydrogen-bond donors (Lipinski definition) is 0. The molecule has 0 saturated carbocycles. The molecule has 0 amide bonds. The zero-order valence-electron chi connectivity index (χ0n) is 45.3. The summed E-state index contributed by atoms with van der Waals surface area (Å²) in [6.45, 7) is 28.7. The molecule has 5 unspecified atom stereocenters. The average Bonchev–Trinajstić information content (AvgIpc) is 3.67. The maximum atomic E-state index is 4.61. The van der Waals surface area contributed by atoms with Crippen molar-refractivity contribution < 1.29 is 0 Å². The molecule has 1 heterocycles. The summed E-state index contributed by atoms with van der Waals surface area (Å²) in [6.07, 6.45) is 32.6. The molecule has 0 spiro atoms. The van der Waals surface area contributed by atoms with Gasteiger partial charge in [-0.15, -0.1) is 0 Å². The fourth-order valence-electron chi connectivity index (χ4n) is 10.4. The van der Waals surface area contributed by atoms with Gasteiger partial charge in [0, 0.05) is 12.1 Å². The standard InChI is InChI=1S/C27H30.C18H23N.C18H22.C3H8.C2H6/c1-5-18(3)21(6-2)27-23-15-11-10-14-22(23)25-16-19(4)24(17-26(25)27)20-12-8-7-9-13-20;1-4-5-6-11-16-12-7-9-14(2)17(16)18-15(3)10-8-13-19-18;1-3-16-12-8-6-4-5-7-11-15(2)17-13-9-10-14-18(16)17;1-3-2;1-2/h7-18,21,27H,5-6H2,1-4H3;5-10,13,16H,4,11-12H2,1-3H3;4-7,9-11,13-14,16H,3,8,12H2,1-2H3;3H2,1-2H3;1-2H3/b;;6-4+,7-5-,15-11+;;. The Hall–Kier alpha value is -5.53. The van der Waals surface area contributed by atoms with Crippen LogP contribution in [0, 0.1) is 31.6 Å². The van der Waals surface area contributed by atoms with Crippen molar-refractivity contribution in [3.05, 3.63) is 209 Å². The topological polar surface area (TPSA) is 12.9 Å². The van der Waals surface area contributed by atoms with E-state index >= 15 is 0 Å². The second-order valence-corrected chi connectivity index (χ2v) is 19.0. The minimum atomic E-state index is 0.513. The number of rotatable bonds is 10. The first-order valence-corrected chi connectivity index (χ1v) is 27.0. The van der Waals surface area contributed by atoms with Crippen molar-refractivity contribution in [1.82, 2.24) is 4.98 Å². The third-order valence-corrected chi connectivity index (χ3v) is 14.1. The van der Waals surface area contributed by atoms with Gasteiger partial charge in [-0.3, -0.25) is 4.98 Å². The Labute approximate surface area is 422 Å². The van der Waals surface area contributed by atoms with Gasteiger partial charge in [0.1, 0.15) is 0 Å². The van der Waals surface area contributed by atoms with Crippen molar-refractivity contribution in [2.75, 3.05) is 0 Å². The van der Waals surface area contributed by atoms with Crippen LogP contribution in [0.3, 0.4) is 0 Å². The quantitative estimate of drug-likeness (QED) is 0.127. The van der Waals surface area contributed by atoms with Gasteiger partial charge in [-0.1, -0.05) is 227 Å². The van der Waals surface area contributed by atoms with Gasteiger partial charge in [0.05, 0.1) is 5.69 Å². The number of benzene rings is 4. The molecule has 1 aromatic heterocycles. The summed E-state index contributed by atoms with van der Waals surface area (Å²) >= 11 is 0. The molecule has 3 aliphatic carbocycles. The van der Waals surface area contributed by atoms with Gasteiger partial charge in [-0.05, 0) is 174 Å². The summed E-state index contributed by atoms with van der Waals surface area (Å²) in [5, 5.41) is 0. The van der Waals surface area contributed by atoms with Crippen LogP contribution in [0.5, 0.6) is 0 Å². The second kappa shape index (κ2) is 30.2. The van der Waals surface area contributed by atoms with Gasteiger partial charge in [-0.2, -0.15) is 0 Å². The van der Waals surface area contributed by atoms with Crippen molar-refractivity contribution in [3.8, 4) is 22.3 Å². The molecule has 4 aromatic carbocycles. The molecule has 0 saturated heterocycles. The zero-order chi connectivity index (χ0) is 50.1. The lowest BCUT2D eigenvalue weighted by molar-refractivity contribution is 0.308. The van der Waals surface area contributed by atoms with E-state index in [-0.39, 0.29) is 0 Å². The molecule has 0 N–H and O–H groups in total. The van der Waals surface area contributed by atoms with Gasteiger partial charge in [0.15, 0.2) is 0 Å². The molecule has 69 heavy (non-hydrogen) atoms. The Balaban J connectivity index is 0.000000221. The van der Waals surface area contributed by atoms with Crippen LogP contribution in [0.15, 0.2) is 170 Å². The second-order valence-electron chi connectivity index (χ2n) is 19.0. The number of nitrogens with zero attached hydrogens (tertiary/aromatic N) is 1. The van der Waals surface area contributed by atoms with Crippen LogP contribution < -0.4 is 0 Å². The fourth-order valence-corrected chi connectivity index (χ4v) is 10.4. The van der Waals surface area contributed by atoms with Crippen LogP contribution in [0.2, 0.25) is 0 Å². The van der Waals surface area contributed by atoms with Gasteiger partial charge in [-0.25, -0.2) is 0 Å². The number of allylic oxidation sites excluding steroid dienone is 12. The van der Waals surface area contributed by atoms with Gasteiger partial charge < -0.3 is 0 Å². The van der Waals surface area contributed by atoms with Crippen LogP contribution in [-0.4, -0.2) is 4.98 Å². The molecule has 3 aliphatic rings. The SMILES string of the molecule is CC.CCC.CCC(C)C(CC)C1c2ccccc2-c2cc(C)c(-c3ccccc3)cc21.CCC1CC/C=C/C=C\C=C(/C)c2ccccc21.CCC=CCC1CC=CC(C)=C1c1ncccc1C. The Bertz CT molecular complexity index is 2480. The Kier molecular flexibility index (Phi) is 24.5. The molecule has 5 aromatic rings. The predicted octanol–water partition coefficient (Wildman–Crippen LogP) is 20.9. The molecule has 0 fully saturated rings. The van der Waals surface area contributed by atoms with E-state index in [1.807, 2.05) is 26.1 Å². The molecule has 0 bridgehead atoms. The highest BCUT2D eigenvalue weighted by molar-refractivity contribution is 5.84. The molecule has 1 nitrogen and oxygen atoms in total. The first-order valence-electron chi connectivity index (χ1n) is 27.0. The highest BCUT2D eigenvalue weighted by Gasteiger charge is 2.36. The third-order valence-electron chi connectivity index (χ3n) is 14.1. The molecule has 8 rings (SSSR count). The highest BCUT2D eigenvalue weighted by atomic mass is 14.7. The van der Waals surface area contributed by atoms with E-state index in [1.54, 1.807) is 0 Å². The summed E-state index contributed by atoms with van der Waals surface area (Å²) in [6, 6.07) is 37.9. The molecule has 1 heteroatoms. The smallest absolute Gasteiger partial charge is 0.0696 e. The lowest BCUT2D eigenvalue weighted by Crippen LogP contribution is -2.19. The number of hydrogen-bond acceptors (Lipinski definition) is 1. The number of aryl methyl sites for hydroxylation is 2. The largest absolute Gasteiger partial charge is 0.256 e. The Morgan fingerprint density at radius 1 is 0.623 bits per heavy atom. The lowest BCUT2D eigenvalue weighted by atomic mass is 9.74. The number of fused-ring (bicyclic) bond motifs is 4. The van der Waals surface area contributed by atoms with Crippen molar-refractivity contribution >= 4 is 11.1 Å². The van der Waals surface area contributed by atoms with Crippen molar-refractivity contribution in [2.45, 2.75) is 160 Å². The zero-order valence-corrected chi connectivity index (χ0v) is 45.3. The normalized spacial score (nSPS) is 19.3. The van der Waals surface area contributed by atoms with Gasteiger partial charge in [0.2, 0.25) is 0 Å². The van der Waals surface area contributed by atoms with E-state index in [0.29, 0.717) is 23.7 Å². The van der Waals surface area contributed by atoms with Crippen LogP contribution >= 0.6 is 0 Å². The summed E-state index contributed by atoms with van der Waals surface area (Å²) in [5.41, 5.74) is 19.6. The highest BCUT2D eigenvalue weighted by Crippen LogP contribution is 2.52. The van der Waals surface area contributed by atoms with E-state index in [2.05, 4.69) is 233 Å². The summed E-state index contributed by atoms with van der Waals surface area (Å²) in [7, 11) is 0. The maximum Gasteiger partial charge on any atom is 0.0696 e. The number of aromatic nitrogens is 1. The first kappa shape index (κ1) is 56.1. The average molecular weight is 920 g/mol. The fraction of sp³-hybridized carbons (Fsp3) is 0.397. The van der Waals surface area contributed by atoms with E-state index < -0.39 is 0 Å². The van der Waals surface area contributed by atoms with Crippen molar-refractivity contribution in [2.24, 2.45) is 17.8 Å². The first-order chi connectivity index (χ1) is 33.6. The van der Waals surface area contributed by atoms with Crippen LogP contribution in [-0.2, 0) is 0 Å². The molecule has 5 atom stereocenters. The minimum absolute atomic E-state index is 0.513. The van der Waals surface area contributed by atoms with Gasteiger partial charge >= 0.3 is 0 Å². The maximum absolute atomic E-state index is 4.61. The summed E-state index contributed by atoms with van der Waals surface area (Å²) in [5.74, 6) is 3.16. The van der Waals surface area contributed by atoms with Crippen LogP contribution in [0.1, 0.15) is 185 Å². The summed E-state index contributed by atoms with van der Waals surface area (Å²) < 4.78 is 0. The lowest BCUT2D eigenvalue weighted by Gasteiger charge is -2.30. The van der Waals surface area contributed by atoms with E-state index in [1.165, 1.54) is 110 Å². The molecule has 0 radical (unpaired) electrons. The minimum Gasteiger partial charge on any atom is -0.256 e. The molecular formula is C68H89N. The Morgan fingerprint density at radius 3 is 1.97 bits per heavy atom. The van der Waals surface area contributed by atoms with Crippen LogP contribution in [0.4, 0.5) is 0 Å². The molecular weight excluding hydrogens is 831 g/mol. The van der Waals surface area contributed by atoms with E-state index in [0.717, 1.165) is 31.6 Å². The van der Waals surface area contributed by atoms with Crippen LogP contribution in [0.25, 0.3) is 33.4 Å². The van der Waals surface area contributed by atoms with Crippen molar-refractivity contribution in [3.63, 3.8) is 0 Å². The third kappa shape index (κ3) is 15.2. The number of pyridine rings is 1. The molecule has 0 aliphatic heterocycles. The Morgan fingerprint density at radius 2 is 1.30 bits per heavy atom. The van der Waals surface area contributed by atoms with E-state index in [4.69, 9.17) is 0 Å². The monoisotopic (exact) mass is 920 g/mol. The molecule has 366 valence electrons.